The fraction of sp³-hybridized carbons (Fsp3) is 1.00. The number of hydrogen-bond donors (Lipinski definition) is 1. The topological polar surface area (TPSA) is 46.2 Å². The van der Waals surface area contributed by atoms with E-state index in [-0.39, 0.29) is 0 Å². The summed E-state index contributed by atoms with van der Waals surface area (Å²) in [4.78, 5) is 0. The molecule has 1 saturated carbocycles. The van der Waals surface area contributed by atoms with E-state index in [0.717, 1.165) is 17.4 Å². The molecule has 5 heteroatoms. The van der Waals surface area contributed by atoms with Crippen LogP contribution in [0.1, 0.15) is 25.7 Å². The van der Waals surface area contributed by atoms with Crippen molar-refractivity contribution in [1.29, 1.82) is 0 Å². The first-order valence-electron chi connectivity index (χ1n) is 5.95. The second kappa shape index (κ2) is 6.87. The summed E-state index contributed by atoms with van der Waals surface area (Å²) >= 11 is 1.76. The molecule has 1 rings (SSSR count). The third-order valence-corrected chi connectivity index (χ3v) is 5.53. The van der Waals surface area contributed by atoms with Crippen LogP contribution >= 0.6 is 11.8 Å². The zero-order valence-electron chi connectivity index (χ0n) is 10.2. The molecule has 0 spiro atoms. The van der Waals surface area contributed by atoms with Crippen molar-refractivity contribution in [3.63, 3.8) is 0 Å². The minimum Gasteiger partial charge on any atom is -0.316 e. The lowest BCUT2D eigenvalue weighted by Gasteiger charge is -2.22. The summed E-state index contributed by atoms with van der Waals surface area (Å²) in [6.45, 7) is 0. The Morgan fingerprint density at radius 1 is 1.38 bits per heavy atom. The van der Waals surface area contributed by atoms with Gasteiger partial charge in [-0.25, -0.2) is 8.42 Å². The summed E-state index contributed by atoms with van der Waals surface area (Å²) in [7, 11) is -0.775. The number of thioether (sulfide) groups is 1. The van der Waals surface area contributed by atoms with Crippen molar-refractivity contribution < 1.29 is 8.42 Å². The highest BCUT2D eigenvalue weighted by atomic mass is 32.2. The van der Waals surface area contributed by atoms with E-state index in [0.29, 0.717) is 11.8 Å². The van der Waals surface area contributed by atoms with E-state index in [9.17, 15) is 8.42 Å². The van der Waals surface area contributed by atoms with Crippen molar-refractivity contribution in [3.8, 4) is 0 Å². The fourth-order valence-electron chi connectivity index (χ4n) is 2.24. The van der Waals surface area contributed by atoms with E-state index in [1.807, 2.05) is 7.05 Å². The van der Waals surface area contributed by atoms with Gasteiger partial charge in [-0.05, 0) is 25.8 Å². The first kappa shape index (κ1) is 14.3. The molecule has 0 aromatic carbocycles. The Bertz CT molecular complexity index is 284. The van der Waals surface area contributed by atoms with Gasteiger partial charge in [-0.15, -0.1) is 0 Å². The van der Waals surface area contributed by atoms with Crippen LogP contribution in [0.3, 0.4) is 0 Å². The van der Waals surface area contributed by atoms with E-state index in [1.54, 1.807) is 11.8 Å². The van der Waals surface area contributed by atoms with Gasteiger partial charge in [0, 0.05) is 23.8 Å². The monoisotopic (exact) mass is 265 g/mol. The Morgan fingerprint density at radius 3 is 2.50 bits per heavy atom. The second-order valence-corrected chi connectivity index (χ2v) is 8.05. The first-order valence-corrected chi connectivity index (χ1v) is 9.17. The van der Waals surface area contributed by atoms with Crippen LogP contribution < -0.4 is 5.32 Å². The van der Waals surface area contributed by atoms with Gasteiger partial charge in [-0.1, -0.05) is 12.8 Å². The standard InChI is InChI=1S/C11H23NO2S2/c1-12-11(10-5-3-4-6-10)9-15-7-8-16(2,13)14/h10-12H,3-9H2,1-2H3. The van der Waals surface area contributed by atoms with E-state index >= 15 is 0 Å². The van der Waals surface area contributed by atoms with Crippen LogP contribution in [-0.4, -0.2) is 45.0 Å². The minimum atomic E-state index is -2.79. The maximum atomic E-state index is 11.0. The molecular formula is C11H23NO2S2. The molecule has 0 radical (unpaired) electrons. The van der Waals surface area contributed by atoms with Gasteiger partial charge >= 0.3 is 0 Å². The maximum absolute atomic E-state index is 11.0. The molecule has 1 atom stereocenters. The quantitative estimate of drug-likeness (QED) is 0.709. The Morgan fingerprint density at radius 2 is 2.00 bits per heavy atom. The molecule has 1 N–H and O–H groups in total. The van der Waals surface area contributed by atoms with Gasteiger partial charge in [0.25, 0.3) is 0 Å². The predicted molar refractivity (Wildman–Crippen MR) is 71.8 cm³/mol. The van der Waals surface area contributed by atoms with Crippen molar-refractivity contribution in [2.75, 3.05) is 30.6 Å². The van der Waals surface area contributed by atoms with Crippen molar-refractivity contribution >= 4 is 21.6 Å². The van der Waals surface area contributed by atoms with Crippen molar-refractivity contribution in [2.24, 2.45) is 5.92 Å². The average molecular weight is 265 g/mol. The zero-order chi connectivity index (χ0) is 12.0. The molecule has 0 bridgehead atoms. The van der Waals surface area contributed by atoms with Crippen molar-refractivity contribution in [3.05, 3.63) is 0 Å². The van der Waals surface area contributed by atoms with E-state index in [4.69, 9.17) is 0 Å². The number of sulfone groups is 1. The molecule has 3 nitrogen and oxygen atoms in total. The molecule has 16 heavy (non-hydrogen) atoms. The molecule has 0 aromatic rings. The van der Waals surface area contributed by atoms with Gasteiger partial charge in [0.2, 0.25) is 0 Å². The lowest BCUT2D eigenvalue weighted by Crippen LogP contribution is -2.34. The van der Waals surface area contributed by atoms with Crippen LogP contribution in [-0.2, 0) is 9.84 Å². The molecule has 0 heterocycles. The number of nitrogens with one attached hydrogen (secondary N) is 1. The lowest BCUT2D eigenvalue weighted by atomic mass is 10.0. The van der Waals surface area contributed by atoms with Gasteiger partial charge in [0.05, 0.1) is 5.75 Å². The number of rotatable bonds is 7. The molecule has 0 aromatic heterocycles. The van der Waals surface area contributed by atoms with Crippen LogP contribution in [0.15, 0.2) is 0 Å². The molecule has 1 aliphatic rings. The molecule has 1 unspecified atom stereocenters. The largest absolute Gasteiger partial charge is 0.316 e. The Labute approximate surface area is 104 Å². The summed E-state index contributed by atoms with van der Waals surface area (Å²) in [5, 5.41) is 3.37. The summed E-state index contributed by atoms with van der Waals surface area (Å²) in [5.41, 5.74) is 0. The third kappa shape index (κ3) is 5.55. The second-order valence-electron chi connectivity index (χ2n) is 4.64. The average Bonchev–Trinajstić information content (AvgIpc) is 2.69. The smallest absolute Gasteiger partial charge is 0.148 e. The van der Waals surface area contributed by atoms with Gasteiger partial charge in [0.15, 0.2) is 0 Å². The summed E-state index contributed by atoms with van der Waals surface area (Å²) in [5.74, 6) is 2.87. The van der Waals surface area contributed by atoms with Gasteiger partial charge in [-0.2, -0.15) is 11.8 Å². The maximum Gasteiger partial charge on any atom is 0.148 e. The highest BCUT2D eigenvalue weighted by Crippen LogP contribution is 2.29. The van der Waals surface area contributed by atoms with Crippen LogP contribution in [0.5, 0.6) is 0 Å². The SMILES string of the molecule is CNC(CSCCS(C)(=O)=O)C1CCCC1. The molecule has 0 aliphatic heterocycles. The Kier molecular flexibility index (Phi) is 6.15. The van der Waals surface area contributed by atoms with E-state index < -0.39 is 9.84 Å². The zero-order valence-corrected chi connectivity index (χ0v) is 11.9. The summed E-state index contributed by atoms with van der Waals surface area (Å²) < 4.78 is 21.9. The van der Waals surface area contributed by atoms with Gasteiger partial charge < -0.3 is 5.32 Å². The fourth-order valence-corrected chi connectivity index (χ4v) is 4.78. The van der Waals surface area contributed by atoms with Crippen molar-refractivity contribution in [2.45, 2.75) is 31.7 Å². The molecule has 96 valence electrons. The van der Waals surface area contributed by atoms with Crippen LogP contribution in [0.25, 0.3) is 0 Å². The predicted octanol–water partition coefficient (Wildman–Crippen LogP) is 1.54. The minimum absolute atomic E-state index is 0.304. The van der Waals surface area contributed by atoms with Crippen LogP contribution in [0.4, 0.5) is 0 Å². The molecule has 1 aliphatic carbocycles. The molecule has 0 amide bonds. The van der Waals surface area contributed by atoms with Gasteiger partial charge in [0.1, 0.15) is 9.84 Å². The highest BCUT2D eigenvalue weighted by molar-refractivity contribution is 8.00. The third-order valence-electron chi connectivity index (χ3n) is 3.24. The normalized spacial score (nSPS) is 20.1. The summed E-state index contributed by atoms with van der Waals surface area (Å²) in [6, 6.07) is 0.562. The Balaban J connectivity index is 2.18. The Hall–Kier alpha value is 0.260. The molecule has 0 saturated heterocycles. The number of hydrogen-bond acceptors (Lipinski definition) is 4. The molecular weight excluding hydrogens is 242 g/mol. The van der Waals surface area contributed by atoms with Crippen molar-refractivity contribution in [1.82, 2.24) is 5.32 Å². The van der Waals surface area contributed by atoms with Crippen LogP contribution in [0.2, 0.25) is 0 Å². The summed E-state index contributed by atoms with van der Waals surface area (Å²) in [6.07, 6.45) is 6.68. The van der Waals surface area contributed by atoms with Crippen LogP contribution in [0, 0.1) is 5.92 Å². The van der Waals surface area contributed by atoms with Gasteiger partial charge in [-0.3, -0.25) is 0 Å². The van der Waals surface area contributed by atoms with E-state index in [2.05, 4.69) is 5.32 Å². The highest BCUT2D eigenvalue weighted by Gasteiger charge is 2.23. The lowest BCUT2D eigenvalue weighted by molar-refractivity contribution is 0.410. The van der Waals surface area contributed by atoms with E-state index in [1.165, 1.54) is 31.9 Å². The molecule has 1 fully saturated rings. The first-order chi connectivity index (χ1) is 7.53.